The predicted octanol–water partition coefficient (Wildman–Crippen LogP) is 8.53. The molecular formula is C38H49NO8S. The van der Waals surface area contributed by atoms with Crippen molar-refractivity contribution in [3.05, 3.63) is 106 Å². The molecule has 48 heavy (non-hydrogen) atoms. The number of esters is 2. The van der Waals surface area contributed by atoms with E-state index in [1.807, 2.05) is 66.6 Å². The molecule has 0 spiro atoms. The molecule has 0 saturated carbocycles. The molecule has 0 radical (unpaired) electrons. The van der Waals surface area contributed by atoms with E-state index in [1.54, 1.807) is 45.5 Å². The van der Waals surface area contributed by atoms with Crippen molar-refractivity contribution in [3.8, 4) is 11.5 Å². The van der Waals surface area contributed by atoms with E-state index < -0.39 is 5.97 Å². The third-order valence-corrected chi connectivity index (χ3v) is 7.81. The van der Waals surface area contributed by atoms with Crippen LogP contribution < -0.4 is 9.47 Å². The first-order valence-electron chi connectivity index (χ1n) is 15.8. The van der Waals surface area contributed by atoms with Gasteiger partial charge in [0.2, 0.25) is 11.7 Å². The molecule has 0 aliphatic carbocycles. The monoisotopic (exact) mass is 679 g/mol. The van der Waals surface area contributed by atoms with Crippen molar-refractivity contribution in [2.75, 3.05) is 21.3 Å². The Morgan fingerprint density at radius 1 is 0.771 bits per heavy atom. The predicted molar refractivity (Wildman–Crippen MR) is 188 cm³/mol. The Bertz CT molecular complexity index is 1520. The molecule has 260 valence electrons. The summed E-state index contributed by atoms with van der Waals surface area (Å²) in [6, 6.07) is 23.2. The molecule has 0 N–H and O–H groups in total. The summed E-state index contributed by atoms with van der Waals surface area (Å²) in [5, 5.41) is 2.04. The summed E-state index contributed by atoms with van der Waals surface area (Å²) in [4.78, 5) is 37.8. The second kappa shape index (κ2) is 20.6. The van der Waals surface area contributed by atoms with Crippen LogP contribution in [0.3, 0.4) is 0 Å². The zero-order chi connectivity index (χ0) is 35.6. The van der Waals surface area contributed by atoms with Crippen LogP contribution in [0.2, 0.25) is 0 Å². The van der Waals surface area contributed by atoms with Crippen LogP contribution in [0, 0.1) is 11.8 Å². The van der Waals surface area contributed by atoms with Gasteiger partial charge < -0.3 is 28.3 Å². The molecule has 2 heterocycles. The van der Waals surface area contributed by atoms with E-state index in [9.17, 15) is 14.4 Å². The van der Waals surface area contributed by atoms with Crippen molar-refractivity contribution < 1.29 is 37.7 Å². The zero-order valence-electron chi connectivity index (χ0n) is 29.5. The second-order valence-electron chi connectivity index (χ2n) is 11.7. The zero-order valence-corrected chi connectivity index (χ0v) is 30.3. The maximum absolute atomic E-state index is 12.5. The number of para-hydroxylation sites is 1. The third-order valence-electron chi connectivity index (χ3n) is 6.94. The Morgan fingerprint density at radius 2 is 1.46 bits per heavy atom. The number of nitrogens with zero attached hydrogens (tertiary/aromatic N) is 1. The maximum atomic E-state index is 12.5. The smallest absolute Gasteiger partial charge is 0.373 e. The van der Waals surface area contributed by atoms with Gasteiger partial charge in [-0.05, 0) is 53.3 Å². The normalized spacial score (nSPS) is 10.4. The van der Waals surface area contributed by atoms with E-state index >= 15 is 0 Å². The fourth-order valence-corrected chi connectivity index (χ4v) is 4.89. The molecule has 2 aromatic carbocycles. The van der Waals surface area contributed by atoms with Gasteiger partial charge in [-0.1, -0.05) is 77.9 Å². The molecule has 0 unspecified atom stereocenters. The van der Waals surface area contributed by atoms with Crippen LogP contribution in [0.4, 0.5) is 0 Å². The van der Waals surface area contributed by atoms with Gasteiger partial charge in [-0.3, -0.25) is 9.59 Å². The highest BCUT2D eigenvalue weighted by atomic mass is 32.1. The van der Waals surface area contributed by atoms with Gasteiger partial charge in [-0.25, -0.2) is 4.79 Å². The van der Waals surface area contributed by atoms with Gasteiger partial charge in [-0.15, -0.1) is 11.3 Å². The lowest BCUT2D eigenvalue weighted by Gasteiger charge is -2.25. The molecule has 0 atom stereocenters. The molecule has 0 fully saturated rings. The number of ether oxygens (including phenoxy) is 4. The lowest BCUT2D eigenvalue weighted by atomic mass is 10.0. The minimum absolute atomic E-state index is 0.0142. The highest BCUT2D eigenvalue weighted by molar-refractivity contribution is 7.09. The molecule has 9 nitrogen and oxygen atoms in total. The number of furan rings is 1. The number of hydrogen-bond acceptors (Lipinski definition) is 9. The Balaban J connectivity index is 0.000000263. The number of methoxy groups -OCH3 is 3. The van der Waals surface area contributed by atoms with Crippen molar-refractivity contribution in [3.63, 3.8) is 0 Å². The van der Waals surface area contributed by atoms with Crippen molar-refractivity contribution in [1.82, 2.24) is 4.90 Å². The van der Waals surface area contributed by atoms with E-state index in [0.717, 1.165) is 17.1 Å². The average molecular weight is 680 g/mol. The number of benzene rings is 2. The molecule has 1 amide bonds. The standard InChI is InChI=1S/C17H21NO2S.C11H14O5.C10H14O/c1-13(2)17(19)18(12-15-8-6-10-21-15)11-14-7-4-5-9-16(14)20-3;1-7(2)10(12)15-6-8-4-5-9(16-8)11(13)14-3;1-8(2)9-4-6-10(11-3)7-5-9/h4-10,13H,11-12H2,1-3H3;4-5,7H,6H2,1-3H3;4-8H,1-3H3. The van der Waals surface area contributed by atoms with Crippen LogP contribution in [0.5, 0.6) is 11.5 Å². The molecule has 0 aliphatic heterocycles. The Morgan fingerprint density at radius 3 is 2.00 bits per heavy atom. The fourth-order valence-electron chi connectivity index (χ4n) is 4.17. The van der Waals surface area contributed by atoms with E-state index in [-0.39, 0.29) is 36.1 Å². The number of carbonyl (C=O) groups excluding carboxylic acids is 3. The van der Waals surface area contributed by atoms with Crippen LogP contribution in [-0.4, -0.2) is 44.1 Å². The van der Waals surface area contributed by atoms with Crippen LogP contribution in [0.1, 0.15) is 79.8 Å². The quantitative estimate of drug-likeness (QED) is 0.137. The number of hydrogen-bond donors (Lipinski definition) is 0. The van der Waals surface area contributed by atoms with E-state index in [0.29, 0.717) is 24.8 Å². The molecule has 10 heteroatoms. The summed E-state index contributed by atoms with van der Waals surface area (Å²) < 4.78 is 25.0. The molecule has 0 bridgehead atoms. The Labute approximate surface area is 288 Å². The van der Waals surface area contributed by atoms with Crippen LogP contribution in [0.15, 0.2) is 82.6 Å². The topological polar surface area (TPSA) is 105 Å². The number of thiophene rings is 1. The van der Waals surface area contributed by atoms with E-state index in [4.69, 9.17) is 18.6 Å². The minimum Gasteiger partial charge on any atom is -0.497 e. The first kappa shape index (κ1) is 39.6. The van der Waals surface area contributed by atoms with Gasteiger partial charge in [-0.2, -0.15) is 0 Å². The molecule has 4 aromatic rings. The lowest BCUT2D eigenvalue weighted by molar-refractivity contribution is -0.149. The van der Waals surface area contributed by atoms with Gasteiger partial charge in [0.25, 0.3) is 0 Å². The molecule has 2 aromatic heterocycles. The third kappa shape index (κ3) is 13.3. The minimum atomic E-state index is -0.554. The van der Waals surface area contributed by atoms with E-state index in [2.05, 4.69) is 36.8 Å². The van der Waals surface area contributed by atoms with Gasteiger partial charge in [0.1, 0.15) is 23.9 Å². The Hall–Kier alpha value is -4.57. The van der Waals surface area contributed by atoms with Crippen molar-refractivity contribution in [1.29, 1.82) is 0 Å². The second-order valence-corrected chi connectivity index (χ2v) is 12.7. The molecular weight excluding hydrogens is 630 g/mol. The fraction of sp³-hybridized carbons (Fsp3) is 0.395. The molecule has 0 aliphatic rings. The first-order valence-corrected chi connectivity index (χ1v) is 16.7. The van der Waals surface area contributed by atoms with Crippen molar-refractivity contribution in [2.45, 2.75) is 67.2 Å². The SMILES string of the molecule is COC(=O)c1ccc(COC(=O)C(C)C)o1.COc1ccc(C(C)C)cc1.COc1ccccc1CN(Cc1cccs1)C(=O)C(C)C. The highest BCUT2D eigenvalue weighted by Gasteiger charge is 2.19. The van der Waals surface area contributed by atoms with Crippen molar-refractivity contribution >= 4 is 29.2 Å². The first-order chi connectivity index (χ1) is 22.9. The molecule has 0 saturated heterocycles. The largest absolute Gasteiger partial charge is 0.497 e. The van der Waals surface area contributed by atoms with Crippen molar-refractivity contribution in [2.24, 2.45) is 11.8 Å². The summed E-state index contributed by atoms with van der Waals surface area (Å²) in [6.07, 6.45) is 0. The summed E-state index contributed by atoms with van der Waals surface area (Å²) >= 11 is 1.68. The number of amides is 1. The van der Waals surface area contributed by atoms with Crippen LogP contribution in [-0.2, 0) is 38.8 Å². The summed E-state index contributed by atoms with van der Waals surface area (Å²) in [6.45, 7) is 13.0. The van der Waals surface area contributed by atoms with Gasteiger partial charge >= 0.3 is 11.9 Å². The molecule has 4 rings (SSSR count). The van der Waals surface area contributed by atoms with Crippen LogP contribution >= 0.6 is 11.3 Å². The van der Waals surface area contributed by atoms with Gasteiger partial charge in [0, 0.05) is 22.9 Å². The summed E-state index contributed by atoms with van der Waals surface area (Å²) in [5.41, 5.74) is 2.39. The number of rotatable bonds is 12. The summed E-state index contributed by atoms with van der Waals surface area (Å²) in [5.74, 6) is 1.95. The lowest BCUT2D eigenvalue weighted by Crippen LogP contribution is -2.33. The maximum Gasteiger partial charge on any atom is 0.373 e. The van der Waals surface area contributed by atoms with Gasteiger partial charge in [0.15, 0.2) is 0 Å². The van der Waals surface area contributed by atoms with Crippen LogP contribution in [0.25, 0.3) is 0 Å². The average Bonchev–Trinajstić information content (AvgIpc) is 3.79. The number of carbonyl (C=O) groups is 3. The van der Waals surface area contributed by atoms with Gasteiger partial charge in [0.05, 0.1) is 33.8 Å². The highest BCUT2D eigenvalue weighted by Crippen LogP contribution is 2.23. The Kier molecular flexibility index (Phi) is 17.0. The van der Waals surface area contributed by atoms with E-state index in [1.165, 1.54) is 23.6 Å². The summed E-state index contributed by atoms with van der Waals surface area (Å²) in [7, 11) is 4.61.